The summed E-state index contributed by atoms with van der Waals surface area (Å²) < 4.78 is 22.3. The van der Waals surface area contributed by atoms with Gasteiger partial charge in [-0.3, -0.25) is 0 Å². The molecule has 0 saturated carbocycles. The number of hydrogen-bond acceptors (Lipinski definition) is 4. The molecule has 1 fully saturated rings. The zero-order chi connectivity index (χ0) is 11.5. The van der Waals surface area contributed by atoms with E-state index >= 15 is 0 Å². The molecule has 90 valence electrons. The van der Waals surface area contributed by atoms with Crippen LogP contribution in [0.4, 0.5) is 0 Å². The fourth-order valence-corrected chi connectivity index (χ4v) is 3.17. The van der Waals surface area contributed by atoms with E-state index in [1.54, 1.807) is 13.8 Å². The van der Waals surface area contributed by atoms with Gasteiger partial charge in [0.05, 0.1) is 17.1 Å². The van der Waals surface area contributed by atoms with E-state index in [0.29, 0.717) is 36.8 Å². The van der Waals surface area contributed by atoms with Gasteiger partial charge in [-0.15, -0.1) is 0 Å². The van der Waals surface area contributed by atoms with Crippen molar-refractivity contribution in [1.29, 1.82) is 0 Å². The van der Waals surface area contributed by atoms with Crippen molar-refractivity contribution in [2.75, 3.05) is 18.1 Å². The van der Waals surface area contributed by atoms with E-state index in [9.17, 15) is 13.5 Å². The van der Waals surface area contributed by atoms with Gasteiger partial charge in [-0.2, -0.15) is 0 Å². The fourth-order valence-electron chi connectivity index (χ4n) is 1.68. The van der Waals surface area contributed by atoms with Crippen LogP contribution in [0.25, 0.3) is 0 Å². The van der Waals surface area contributed by atoms with Crippen LogP contribution in [-0.4, -0.2) is 43.2 Å². The Morgan fingerprint density at radius 2 is 1.87 bits per heavy atom. The van der Waals surface area contributed by atoms with Crippen molar-refractivity contribution in [2.24, 2.45) is 0 Å². The highest BCUT2D eigenvalue weighted by molar-refractivity contribution is 7.91. The Kier molecular flexibility index (Phi) is 4.14. The molecule has 0 bridgehead atoms. The van der Waals surface area contributed by atoms with Crippen LogP contribution >= 0.6 is 0 Å². The maximum Gasteiger partial charge on any atom is 0.150 e. The summed E-state index contributed by atoms with van der Waals surface area (Å²) in [6.07, 6.45) is 2.10. The van der Waals surface area contributed by atoms with Crippen LogP contribution in [0.2, 0.25) is 0 Å². The molecule has 1 aliphatic heterocycles. The molecule has 0 aromatic rings. The first-order chi connectivity index (χ1) is 6.79. The van der Waals surface area contributed by atoms with Crippen molar-refractivity contribution in [3.8, 4) is 0 Å². The summed E-state index contributed by atoms with van der Waals surface area (Å²) in [7, 11) is -2.76. The van der Waals surface area contributed by atoms with E-state index in [4.69, 9.17) is 0 Å². The van der Waals surface area contributed by atoms with Crippen LogP contribution in [0.1, 0.15) is 33.1 Å². The molecule has 0 unspecified atom stereocenters. The van der Waals surface area contributed by atoms with Crippen LogP contribution in [0.15, 0.2) is 0 Å². The molecule has 0 atom stereocenters. The lowest BCUT2D eigenvalue weighted by Crippen LogP contribution is -2.39. The summed E-state index contributed by atoms with van der Waals surface area (Å²) in [5.74, 6) is 0.598. The first-order valence-corrected chi connectivity index (χ1v) is 7.27. The molecule has 5 heteroatoms. The average molecular weight is 235 g/mol. The normalized spacial score (nSPS) is 22.9. The highest BCUT2D eigenvalue weighted by Crippen LogP contribution is 2.13. The minimum Gasteiger partial charge on any atom is -0.390 e. The van der Waals surface area contributed by atoms with Gasteiger partial charge in [0.15, 0.2) is 0 Å². The second-order valence-corrected chi connectivity index (χ2v) is 7.25. The molecule has 1 aliphatic rings. The van der Waals surface area contributed by atoms with Gasteiger partial charge in [-0.1, -0.05) is 0 Å². The molecular formula is C10H21NO3S. The number of sulfone groups is 1. The third-order valence-electron chi connectivity index (χ3n) is 2.72. The monoisotopic (exact) mass is 235 g/mol. The maximum absolute atomic E-state index is 11.2. The second-order valence-electron chi connectivity index (χ2n) is 4.94. The minimum atomic E-state index is -2.76. The van der Waals surface area contributed by atoms with E-state index < -0.39 is 15.4 Å². The summed E-state index contributed by atoms with van der Waals surface area (Å²) in [5.41, 5.74) is -0.645. The summed E-state index contributed by atoms with van der Waals surface area (Å²) in [5, 5.41) is 12.8. The number of nitrogens with one attached hydrogen (secondary N) is 1. The van der Waals surface area contributed by atoms with Gasteiger partial charge in [-0.25, -0.2) is 8.42 Å². The van der Waals surface area contributed by atoms with Crippen LogP contribution in [0.3, 0.4) is 0 Å². The third kappa shape index (κ3) is 5.49. The van der Waals surface area contributed by atoms with Crippen LogP contribution in [0, 0.1) is 0 Å². The quantitative estimate of drug-likeness (QED) is 0.736. The first kappa shape index (κ1) is 12.9. The smallest absolute Gasteiger partial charge is 0.150 e. The molecule has 0 aromatic heterocycles. The largest absolute Gasteiger partial charge is 0.390 e. The molecule has 2 N–H and O–H groups in total. The summed E-state index contributed by atoms with van der Waals surface area (Å²) in [6.45, 7) is 4.30. The topological polar surface area (TPSA) is 66.4 Å². The molecule has 1 saturated heterocycles. The summed E-state index contributed by atoms with van der Waals surface area (Å²) in [4.78, 5) is 0. The van der Waals surface area contributed by atoms with Crippen molar-refractivity contribution < 1.29 is 13.5 Å². The zero-order valence-corrected chi connectivity index (χ0v) is 10.3. The predicted octanol–water partition coefficient (Wildman–Crippen LogP) is 0.314. The van der Waals surface area contributed by atoms with Crippen LogP contribution < -0.4 is 5.32 Å². The average Bonchev–Trinajstić information content (AvgIpc) is 2.06. The van der Waals surface area contributed by atoms with Gasteiger partial charge in [0.25, 0.3) is 0 Å². The van der Waals surface area contributed by atoms with Crippen LogP contribution in [-0.2, 0) is 9.84 Å². The highest BCUT2D eigenvalue weighted by atomic mass is 32.2. The maximum atomic E-state index is 11.2. The number of aliphatic hydroxyl groups is 1. The molecule has 0 aliphatic carbocycles. The molecule has 1 rings (SSSR count). The number of hydrogen-bond donors (Lipinski definition) is 2. The Bertz CT molecular complexity index is 278. The lowest BCUT2D eigenvalue weighted by atomic mass is 10.1. The molecule has 15 heavy (non-hydrogen) atoms. The fraction of sp³-hybridized carbons (Fsp3) is 1.00. The molecular weight excluding hydrogens is 214 g/mol. The van der Waals surface area contributed by atoms with E-state index in [1.165, 1.54) is 0 Å². The molecule has 0 aromatic carbocycles. The van der Waals surface area contributed by atoms with Gasteiger partial charge in [0.1, 0.15) is 9.84 Å². The van der Waals surface area contributed by atoms with Gasteiger partial charge in [-0.05, 0) is 39.7 Å². The summed E-state index contributed by atoms with van der Waals surface area (Å²) in [6, 6.07) is 0.302. The van der Waals surface area contributed by atoms with Gasteiger partial charge in [0, 0.05) is 6.04 Å². The van der Waals surface area contributed by atoms with Gasteiger partial charge >= 0.3 is 0 Å². The van der Waals surface area contributed by atoms with E-state index in [2.05, 4.69) is 5.32 Å². The zero-order valence-electron chi connectivity index (χ0n) is 9.49. The lowest BCUT2D eigenvalue weighted by Gasteiger charge is -2.25. The Balaban J connectivity index is 2.20. The Morgan fingerprint density at radius 1 is 1.33 bits per heavy atom. The first-order valence-electron chi connectivity index (χ1n) is 5.45. The minimum absolute atomic E-state index is 0.299. The Hall–Kier alpha value is -0.130. The standard InChI is InChI=1S/C10H21NO3S/c1-10(2,12)5-6-11-9-3-7-15(13,14)8-4-9/h9,11-12H,3-8H2,1-2H3. The molecule has 0 amide bonds. The second kappa shape index (κ2) is 4.80. The van der Waals surface area contributed by atoms with Crippen LogP contribution in [0.5, 0.6) is 0 Å². The third-order valence-corrected chi connectivity index (χ3v) is 4.44. The van der Waals surface area contributed by atoms with Crippen molar-refractivity contribution >= 4 is 9.84 Å². The SMILES string of the molecule is CC(C)(O)CCNC1CCS(=O)(=O)CC1. The Labute approximate surface area is 92.0 Å². The van der Waals surface area contributed by atoms with Crippen molar-refractivity contribution in [3.63, 3.8) is 0 Å². The molecule has 4 nitrogen and oxygen atoms in total. The molecule has 0 radical (unpaired) electrons. The predicted molar refractivity (Wildman–Crippen MR) is 60.6 cm³/mol. The number of rotatable bonds is 4. The van der Waals surface area contributed by atoms with Crippen molar-refractivity contribution in [2.45, 2.75) is 44.8 Å². The Morgan fingerprint density at radius 3 is 2.33 bits per heavy atom. The molecule has 1 heterocycles. The van der Waals surface area contributed by atoms with Crippen molar-refractivity contribution in [3.05, 3.63) is 0 Å². The van der Waals surface area contributed by atoms with Gasteiger partial charge in [0.2, 0.25) is 0 Å². The molecule has 0 spiro atoms. The summed E-state index contributed by atoms with van der Waals surface area (Å²) >= 11 is 0. The van der Waals surface area contributed by atoms with E-state index in [0.717, 1.165) is 6.54 Å². The van der Waals surface area contributed by atoms with Crippen molar-refractivity contribution in [1.82, 2.24) is 5.32 Å². The van der Waals surface area contributed by atoms with E-state index in [1.807, 2.05) is 0 Å². The highest BCUT2D eigenvalue weighted by Gasteiger charge is 2.23. The van der Waals surface area contributed by atoms with E-state index in [-0.39, 0.29) is 0 Å². The lowest BCUT2D eigenvalue weighted by molar-refractivity contribution is 0.0702. The van der Waals surface area contributed by atoms with Gasteiger partial charge < -0.3 is 10.4 Å².